The number of cyclic esters (lactones) is 2. The Kier molecular flexibility index (Phi) is 38.5. The average molecular weight is 1440 g/mol. The van der Waals surface area contributed by atoms with Crippen molar-refractivity contribution in [1.29, 1.82) is 0 Å². The topological polar surface area (TPSA) is 83.5 Å². The zero-order valence-corrected chi connectivity index (χ0v) is 67.7. The standard InChI is InChI=1S/C22H68O7P32/c1-12-11-21(5,6)16(10-17(12)28-50(59(46)54(37)38)61(56(41)42)57(43)44)19-22(26-20(24)25-19,13(2)8-7-9-23)14(3)18(29-48(51(31)32)58(45)53(35)36)15(4)27-49(52(33)34)60(47-30)55(39)40/h11,14-19,23,47H,2,7-10,30-46H2,1,3-6H3/t14-,15-,16?,17+,18-,19-,22?,48?,49?,50?,58?,59?,60?/m1/s1. The number of ether oxygens (including phenoxy) is 2. The number of aliphatic hydroxyl groups is 1. The van der Waals surface area contributed by atoms with Crippen molar-refractivity contribution in [2.24, 2.45) is 17.3 Å². The molecule has 0 aromatic rings. The van der Waals surface area contributed by atoms with E-state index in [2.05, 4.69) is 192 Å². The van der Waals surface area contributed by atoms with Crippen molar-refractivity contribution in [3.63, 3.8) is 0 Å². The summed E-state index contributed by atoms with van der Waals surface area (Å²) in [5.74, 6) is -0.586. The number of hydrogen-bond donors (Lipinski definition) is 1. The molecule has 1 saturated heterocycles. The average Bonchev–Trinajstić information content (AvgIpc) is 3.49. The summed E-state index contributed by atoms with van der Waals surface area (Å²) >= 11 is 0. The Morgan fingerprint density at radius 2 is 1.36 bits per heavy atom. The first-order valence-electron chi connectivity index (χ1n) is 17.6. The van der Waals surface area contributed by atoms with E-state index in [1.807, 2.05) is 0 Å². The van der Waals surface area contributed by atoms with Gasteiger partial charge in [0.15, 0.2) is 11.7 Å². The summed E-state index contributed by atoms with van der Waals surface area (Å²) in [6.45, 7) is 10.9. The molecule has 1 aliphatic heterocycles. The predicted molar refractivity (Wildman–Crippen MR) is 375 cm³/mol. The van der Waals surface area contributed by atoms with E-state index >= 15 is 0 Å². The normalized spacial score (nSPS) is 27.0. The maximum atomic E-state index is 14.1. The largest absolute Gasteiger partial charge is 0.509 e. The van der Waals surface area contributed by atoms with Gasteiger partial charge in [0.25, 0.3) is 0 Å². The van der Waals surface area contributed by atoms with Crippen LogP contribution in [0.25, 0.3) is 0 Å². The van der Waals surface area contributed by atoms with Gasteiger partial charge in [0.05, 0.1) is 40.9 Å². The molecule has 1 heterocycles. The van der Waals surface area contributed by atoms with Crippen molar-refractivity contribution in [3.05, 3.63) is 23.8 Å². The van der Waals surface area contributed by atoms with Crippen LogP contribution in [0, 0.1) is 17.3 Å². The molecular weight excluding hydrogens is 1370 g/mol. The van der Waals surface area contributed by atoms with E-state index in [1.165, 1.54) is 5.57 Å². The molecule has 2 aliphatic rings. The molecule has 0 saturated carbocycles. The van der Waals surface area contributed by atoms with Crippen molar-refractivity contribution >= 4 is 265 Å². The second-order valence-electron chi connectivity index (χ2n) is 14.2. The van der Waals surface area contributed by atoms with Gasteiger partial charge < -0.3 is 28.2 Å². The minimum absolute atomic E-state index is 0.00285. The summed E-state index contributed by atoms with van der Waals surface area (Å²) < 4.78 is 35.8. The van der Waals surface area contributed by atoms with Gasteiger partial charge in [0.1, 0.15) is 0 Å². The fourth-order valence-corrected chi connectivity index (χ4v) is 213. The Hall–Kier alpha value is 12.3. The minimum Gasteiger partial charge on any atom is -0.426 e. The fraction of sp³-hybridized carbons (Fsp3) is 0.773. The maximum absolute atomic E-state index is 14.1. The van der Waals surface area contributed by atoms with Crippen LogP contribution in [-0.4, -0.2) is 47.9 Å². The van der Waals surface area contributed by atoms with E-state index in [4.69, 9.17) is 29.6 Å². The van der Waals surface area contributed by atoms with Crippen LogP contribution in [0.4, 0.5) is 4.79 Å². The molecule has 0 bridgehead atoms. The van der Waals surface area contributed by atoms with Gasteiger partial charge in [-0.25, -0.2) is 4.79 Å². The lowest BCUT2D eigenvalue weighted by Crippen LogP contribution is -2.58. The summed E-state index contributed by atoms with van der Waals surface area (Å²) in [7, 11) is 50.7. The number of carbonyl (C=O) groups excluding carboxylic acids is 1. The van der Waals surface area contributed by atoms with Crippen molar-refractivity contribution in [2.45, 2.75) is 83.9 Å². The molecule has 31 atom stereocenters. The van der Waals surface area contributed by atoms with Crippen LogP contribution in [0.1, 0.15) is 53.9 Å². The molecular formula is C22H68O7P32. The highest BCUT2D eigenvalue weighted by atomic mass is 33.2. The molecule has 0 amide bonds. The van der Waals surface area contributed by atoms with Gasteiger partial charge in [-0.3, -0.25) is 0 Å². The number of aliphatic hydroxyl groups excluding tert-OH is 1. The van der Waals surface area contributed by atoms with Crippen LogP contribution >= 0.6 is 259 Å². The van der Waals surface area contributed by atoms with Crippen LogP contribution in [-0.2, 0) is 23.0 Å². The molecule has 1 N–H and O–H groups in total. The first-order chi connectivity index (χ1) is 28.1. The van der Waals surface area contributed by atoms with E-state index in [0.717, 1.165) is 5.57 Å². The molecule has 0 aromatic carbocycles. The second-order valence-corrected chi connectivity index (χ2v) is 129. The van der Waals surface area contributed by atoms with Gasteiger partial charge in [0.2, 0.25) is 0 Å². The molecule has 26 unspecified atom stereocenters. The summed E-state index contributed by atoms with van der Waals surface area (Å²) in [5.41, 5.74) is 0.331. The molecule has 1 aliphatic carbocycles. The fourth-order valence-electron chi connectivity index (χ4n) is 6.89. The predicted octanol–water partition coefficient (Wildman–Crippen LogP) is 22.0. The van der Waals surface area contributed by atoms with Crippen LogP contribution < -0.4 is 0 Å². The van der Waals surface area contributed by atoms with Crippen LogP contribution in [0.2, 0.25) is 0 Å². The second kappa shape index (κ2) is 33.8. The molecule has 2 rings (SSSR count). The van der Waals surface area contributed by atoms with Crippen molar-refractivity contribution in [2.75, 3.05) is 6.61 Å². The Labute approximate surface area is 425 Å². The Morgan fingerprint density at radius 3 is 1.80 bits per heavy atom. The van der Waals surface area contributed by atoms with Crippen molar-refractivity contribution < 1.29 is 32.9 Å². The molecule has 61 heavy (non-hydrogen) atoms. The molecule has 358 valence electrons. The third-order valence-electron chi connectivity index (χ3n) is 9.60. The minimum atomic E-state index is -1.26. The van der Waals surface area contributed by atoms with Crippen LogP contribution in [0.15, 0.2) is 23.8 Å². The summed E-state index contributed by atoms with van der Waals surface area (Å²) in [6, 6.07) is 0. The number of hydrogen-bond acceptors (Lipinski definition) is 7. The van der Waals surface area contributed by atoms with Gasteiger partial charge >= 0.3 is 6.16 Å². The lowest BCUT2D eigenvalue weighted by atomic mass is 9.60. The molecule has 0 spiro atoms. The first-order valence-corrected chi connectivity index (χ1v) is 73.5. The Bertz CT molecular complexity index is 1410. The number of rotatable bonds is 26. The van der Waals surface area contributed by atoms with Crippen LogP contribution in [0.5, 0.6) is 0 Å². The number of allylic oxidation sites excluding steroid dienone is 1. The summed E-state index contributed by atoms with van der Waals surface area (Å²) in [5, 5.41) is 10.2. The maximum Gasteiger partial charge on any atom is 0.509 e. The van der Waals surface area contributed by atoms with Crippen molar-refractivity contribution in [1.82, 2.24) is 0 Å². The molecule has 1 fully saturated rings. The molecule has 0 aromatic heterocycles. The molecule has 39 heteroatoms. The van der Waals surface area contributed by atoms with E-state index in [1.54, 1.807) is 0 Å². The SMILES string of the molecule is C=C(CCCO)C1([C@H](C)[C@@H](OP(P(P)P)P(P)P(P)P)[C@@H](C)OP(P(P)P)P(PP)P(P)P)OC(=O)O[C@@H]1C1C[C@H](OP(P(P)P(P)P)P(P(P)P)P(P)P)C(C)=CC1(C)C. The van der Waals surface area contributed by atoms with Gasteiger partial charge in [0, 0.05) is 46.4 Å². The third-order valence-corrected chi connectivity index (χ3v) is 168. The van der Waals surface area contributed by atoms with Gasteiger partial charge in [-0.1, -0.05) is 59.2 Å². The first kappa shape index (κ1) is 69.5. The highest BCUT2D eigenvalue weighted by Crippen LogP contribution is 3.18. The highest BCUT2D eigenvalue weighted by Gasteiger charge is 2.64. The molecule has 7 nitrogen and oxygen atoms in total. The molecule has 0 radical (unpaired) electrons. The van der Waals surface area contributed by atoms with Gasteiger partial charge in [-0.2, -0.15) is 0 Å². The third kappa shape index (κ3) is 20.4. The van der Waals surface area contributed by atoms with E-state index in [0.29, 0.717) is 27.2 Å². The Balaban J connectivity index is 2.94. The van der Waals surface area contributed by atoms with E-state index in [-0.39, 0.29) is 58.1 Å². The van der Waals surface area contributed by atoms with Gasteiger partial charge in [-0.05, 0) is 98.6 Å². The van der Waals surface area contributed by atoms with E-state index in [9.17, 15) is 9.90 Å². The van der Waals surface area contributed by atoms with Crippen LogP contribution in [0.3, 0.4) is 0 Å². The lowest BCUT2D eigenvalue weighted by molar-refractivity contribution is -0.0880. The lowest BCUT2D eigenvalue weighted by Gasteiger charge is -2.50. The van der Waals surface area contributed by atoms with Crippen molar-refractivity contribution in [3.8, 4) is 0 Å². The monoisotopic (exact) mass is 1440 g/mol. The summed E-state index contributed by atoms with van der Waals surface area (Å²) in [4.78, 5) is 14.1. The Morgan fingerprint density at radius 1 is 0.836 bits per heavy atom. The van der Waals surface area contributed by atoms with E-state index < -0.39 is 101 Å². The summed E-state index contributed by atoms with van der Waals surface area (Å²) in [6.07, 6.45) is 1.70. The quantitative estimate of drug-likeness (QED) is 0.0525. The van der Waals surface area contributed by atoms with Gasteiger partial charge in [-0.15, -0.1) is 134 Å². The zero-order valence-electron chi connectivity index (χ0n) is 34.5. The smallest absolute Gasteiger partial charge is 0.426 e. The zero-order chi connectivity index (χ0) is 47.1. The highest BCUT2D eigenvalue weighted by molar-refractivity contribution is 9.19. The number of carbonyl (C=O) groups is 1.